The highest BCUT2D eigenvalue weighted by molar-refractivity contribution is 7.21. The molecule has 2 spiro atoms. The highest BCUT2D eigenvalue weighted by atomic mass is 32.1. The van der Waals surface area contributed by atoms with Crippen LogP contribution >= 0.6 is 45.3 Å². The molecule has 2 aliphatic heterocycles. The lowest BCUT2D eigenvalue weighted by Crippen LogP contribution is -2.36. The Kier molecular flexibility index (Phi) is 13.7. The Morgan fingerprint density at radius 1 is 0.245 bits per heavy atom. The van der Waals surface area contributed by atoms with Gasteiger partial charge in [0.1, 0.15) is 5.82 Å². The first-order valence-electron chi connectivity index (χ1n) is 35.4. The van der Waals surface area contributed by atoms with Crippen LogP contribution in [0.4, 0.5) is 34.3 Å². The molecule has 8 aromatic heterocycles. The maximum atomic E-state index is 5.39. The molecule has 106 heavy (non-hydrogen) atoms. The van der Waals surface area contributed by atoms with Crippen LogP contribution in [0, 0.1) is 0 Å². The van der Waals surface area contributed by atoms with Gasteiger partial charge in [0, 0.05) is 82.2 Å². The molecule has 19 aromatic rings. The van der Waals surface area contributed by atoms with E-state index in [1.165, 1.54) is 91.2 Å². The second-order valence-electron chi connectivity index (χ2n) is 27.3. The first-order chi connectivity index (χ1) is 52.5. The third kappa shape index (κ3) is 9.15. The zero-order valence-electron chi connectivity index (χ0n) is 56.5. The summed E-state index contributed by atoms with van der Waals surface area (Å²) in [5.41, 5.74) is 24.8. The number of thiophene rings is 4. The van der Waals surface area contributed by atoms with Crippen molar-refractivity contribution in [2.24, 2.45) is 0 Å². The Morgan fingerprint density at radius 3 is 1.01 bits per heavy atom. The summed E-state index contributed by atoms with van der Waals surface area (Å²) in [4.78, 5) is 40.8. The zero-order chi connectivity index (χ0) is 69.6. The molecule has 0 saturated heterocycles. The van der Waals surface area contributed by atoms with Gasteiger partial charge in [-0.25, -0.2) is 19.9 Å². The number of nitrogens with zero attached hydrogens (tertiary/aromatic N) is 8. The molecule has 23 rings (SSSR count). The van der Waals surface area contributed by atoms with Crippen LogP contribution in [-0.4, -0.2) is 29.9 Å². The summed E-state index contributed by atoms with van der Waals surface area (Å²) in [6, 6.07) is 109. The van der Waals surface area contributed by atoms with E-state index < -0.39 is 10.8 Å². The highest BCUT2D eigenvalue weighted by Crippen LogP contribution is 2.68. The van der Waals surface area contributed by atoms with Crippen molar-refractivity contribution in [3.8, 4) is 76.1 Å². The first-order valence-corrected chi connectivity index (χ1v) is 38.9. The Labute approximate surface area is 626 Å². The quantitative estimate of drug-likeness (QED) is 0.156. The average molecular weight is 1430 g/mol. The molecule has 8 nitrogen and oxygen atoms in total. The van der Waals surface area contributed by atoms with Crippen molar-refractivity contribution in [2.75, 3.05) is 9.80 Å². The predicted molar refractivity (Wildman–Crippen MR) is 439 cm³/mol. The monoisotopic (exact) mass is 1420 g/mol. The van der Waals surface area contributed by atoms with Crippen molar-refractivity contribution in [3.63, 3.8) is 0 Å². The van der Waals surface area contributed by atoms with Crippen molar-refractivity contribution < 1.29 is 0 Å². The number of aromatic nitrogens is 6. The summed E-state index contributed by atoms with van der Waals surface area (Å²) in [5.74, 6) is 2.21. The Balaban J connectivity index is 0.000000133. The number of anilines is 6. The molecule has 0 radical (unpaired) electrons. The molecule has 496 valence electrons. The summed E-state index contributed by atoms with van der Waals surface area (Å²) in [5, 5.41) is 16.1. The van der Waals surface area contributed by atoms with Gasteiger partial charge in [0.15, 0.2) is 11.6 Å². The number of benzene rings is 11. The molecule has 2 aliphatic carbocycles. The third-order valence-electron chi connectivity index (χ3n) is 21.7. The van der Waals surface area contributed by atoms with Crippen LogP contribution in [0.15, 0.2) is 337 Å². The van der Waals surface area contributed by atoms with E-state index in [1.807, 2.05) is 118 Å². The van der Waals surface area contributed by atoms with Gasteiger partial charge in [-0.3, -0.25) is 14.9 Å². The Bertz CT molecular complexity index is 6370. The SMILES string of the molecule is c1ccc(-c2cc(-c3ccc(N4c5cc6ccccc6cc5C5(c6cc7cccnc7cc64)c4ccsc4-c4sccc45)cc3)nc(-c3ccccc3)n2)cc1.c1ccc(-c2cc(N3c4cc5ccccc5cc4C4(c5cc6cccnc6cc53)c3ccsc3-c3sccc34)nc(-c3ccccc3)n2)cc1. The van der Waals surface area contributed by atoms with Gasteiger partial charge in [-0.1, -0.05) is 194 Å². The van der Waals surface area contributed by atoms with Gasteiger partial charge in [-0.15, -0.1) is 45.3 Å². The minimum absolute atomic E-state index is 0.470. The first kappa shape index (κ1) is 60.9. The molecule has 4 aliphatic rings. The average Bonchev–Trinajstić information content (AvgIpc) is 1.47. The summed E-state index contributed by atoms with van der Waals surface area (Å²) in [6.07, 6.45) is 3.78. The van der Waals surface area contributed by atoms with Crippen LogP contribution in [0.2, 0.25) is 0 Å². The van der Waals surface area contributed by atoms with Gasteiger partial charge in [0.05, 0.1) is 61.7 Å². The summed E-state index contributed by atoms with van der Waals surface area (Å²) >= 11 is 7.39. The van der Waals surface area contributed by atoms with E-state index in [1.54, 1.807) is 0 Å². The minimum Gasteiger partial charge on any atom is -0.310 e. The van der Waals surface area contributed by atoms with E-state index >= 15 is 0 Å². The fraction of sp³-hybridized carbons (Fsp3) is 0.0213. The molecule has 0 amide bonds. The van der Waals surface area contributed by atoms with Crippen molar-refractivity contribution in [3.05, 3.63) is 382 Å². The smallest absolute Gasteiger partial charge is 0.162 e. The minimum atomic E-state index is -0.503. The number of rotatable bonds is 7. The van der Waals surface area contributed by atoms with E-state index in [9.17, 15) is 0 Å². The molecule has 0 N–H and O–H groups in total. The second-order valence-corrected chi connectivity index (χ2v) is 31.0. The second kappa shape index (κ2) is 23.9. The maximum absolute atomic E-state index is 5.39. The van der Waals surface area contributed by atoms with E-state index in [0.29, 0.717) is 11.6 Å². The van der Waals surface area contributed by atoms with Crippen molar-refractivity contribution in [2.45, 2.75) is 10.8 Å². The lowest BCUT2D eigenvalue weighted by molar-refractivity contribution is 0.757. The fourth-order valence-electron chi connectivity index (χ4n) is 17.1. The van der Waals surface area contributed by atoms with Gasteiger partial charge in [-0.05, 0) is 191 Å². The van der Waals surface area contributed by atoms with Crippen LogP contribution in [0.5, 0.6) is 0 Å². The molecule has 0 fully saturated rings. The van der Waals surface area contributed by atoms with Crippen molar-refractivity contribution in [1.82, 2.24) is 29.9 Å². The molecule has 0 bridgehead atoms. The normalized spacial score (nSPS) is 13.6. The molecule has 0 unspecified atom stereocenters. The van der Waals surface area contributed by atoms with Crippen LogP contribution in [-0.2, 0) is 10.8 Å². The maximum Gasteiger partial charge on any atom is 0.162 e. The van der Waals surface area contributed by atoms with Gasteiger partial charge in [-0.2, -0.15) is 0 Å². The Morgan fingerprint density at radius 2 is 0.575 bits per heavy atom. The van der Waals surface area contributed by atoms with E-state index in [-0.39, 0.29) is 0 Å². The molecule has 0 atom stereocenters. The third-order valence-corrected chi connectivity index (χ3v) is 25.7. The van der Waals surface area contributed by atoms with Gasteiger partial charge in [0.2, 0.25) is 0 Å². The summed E-state index contributed by atoms with van der Waals surface area (Å²) in [7, 11) is 0. The van der Waals surface area contributed by atoms with Gasteiger partial charge < -0.3 is 4.90 Å². The molecule has 10 heterocycles. The molecular formula is C94H56N8S4. The molecule has 0 saturated carbocycles. The number of fused-ring (bicyclic) bond motifs is 22. The summed E-state index contributed by atoms with van der Waals surface area (Å²) in [6.45, 7) is 0. The van der Waals surface area contributed by atoms with Crippen LogP contribution in [0.25, 0.3) is 119 Å². The fourth-order valence-corrected chi connectivity index (χ4v) is 21.3. The predicted octanol–water partition coefficient (Wildman–Crippen LogP) is 25.2. The van der Waals surface area contributed by atoms with E-state index in [4.69, 9.17) is 29.9 Å². The van der Waals surface area contributed by atoms with E-state index in [2.05, 4.69) is 274 Å². The highest BCUT2D eigenvalue weighted by Gasteiger charge is 2.55. The topological polar surface area (TPSA) is 83.8 Å². The lowest BCUT2D eigenvalue weighted by Gasteiger charge is -2.45. The largest absolute Gasteiger partial charge is 0.310 e. The van der Waals surface area contributed by atoms with Crippen LogP contribution < -0.4 is 9.80 Å². The van der Waals surface area contributed by atoms with Crippen LogP contribution in [0.3, 0.4) is 0 Å². The molecule has 12 heteroatoms. The number of hydrogen-bond acceptors (Lipinski definition) is 12. The van der Waals surface area contributed by atoms with Crippen molar-refractivity contribution >= 4 is 123 Å². The number of pyridine rings is 2. The standard InChI is InChI=1S/C50H30N4S2.C44H26N4S2/c1-3-10-31(11-4-1)43-29-44(53-49(52-43)33-12-5-2-6-13-33)32-17-19-37(20-18-32)54-45-28-35-15-8-7-14-34(35)26-40(45)50(38-21-24-55-47(38)48-39(50)22-25-56-48)41-27-36-16-9-23-51-42(36)30-46(41)54;1-3-10-27(11-4-1)37-26-40(47-43(46-37)28-12-5-2-6-13-28)48-38-24-30-15-8-7-14-29(30)22-34(38)44(32-17-20-49-41(32)42-33(44)18-21-50-42)35-23-31-16-9-19-45-36(31)25-39(35)48/h1-30H;1-26H. The lowest BCUT2D eigenvalue weighted by atomic mass is 9.65. The van der Waals surface area contributed by atoms with Gasteiger partial charge in [0.25, 0.3) is 0 Å². The molecule has 11 aromatic carbocycles. The zero-order valence-corrected chi connectivity index (χ0v) is 59.8. The number of hydrogen-bond donors (Lipinski definition) is 0. The van der Waals surface area contributed by atoms with Gasteiger partial charge >= 0.3 is 0 Å². The summed E-state index contributed by atoms with van der Waals surface area (Å²) < 4.78 is 0. The van der Waals surface area contributed by atoms with E-state index in [0.717, 1.165) is 95.3 Å². The van der Waals surface area contributed by atoms with Crippen LogP contribution in [0.1, 0.15) is 44.5 Å². The Hall–Kier alpha value is -12.7. The molecular weight excluding hydrogens is 1370 g/mol. The van der Waals surface area contributed by atoms with Crippen molar-refractivity contribution in [1.29, 1.82) is 0 Å².